The summed E-state index contributed by atoms with van der Waals surface area (Å²) in [5.74, 6) is -2.35. The van der Waals surface area contributed by atoms with E-state index in [1.165, 1.54) is 52.4 Å². The summed E-state index contributed by atoms with van der Waals surface area (Å²) in [6, 6.07) is 20.3. The van der Waals surface area contributed by atoms with Gasteiger partial charge < -0.3 is 38.7 Å². The molecule has 364 valence electrons. The number of esters is 2. The number of ether oxygens (including phenoxy) is 4. The minimum Gasteiger partial charge on any atom is -0.550 e. The van der Waals surface area contributed by atoms with E-state index in [2.05, 4.69) is 38.1 Å². The molecule has 2 rings (SSSR count). The molecule has 0 radical (unpaired) electrons. The number of carbonyl (C=O) groups excluding carboxylic acids is 4. The van der Waals surface area contributed by atoms with E-state index >= 15 is 0 Å². The maximum atomic E-state index is 11.6. The van der Waals surface area contributed by atoms with Crippen molar-refractivity contribution < 1.29 is 48.3 Å². The number of carboxylic acid groups (broad SMARTS) is 2. The first-order chi connectivity index (χ1) is 31.0. The van der Waals surface area contributed by atoms with Gasteiger partial charge in [0.2, 0.25) is 0 Å². The van der Waals surface area contributed by atoms with Crippen molar-refractivity contribution in [3.63, 3.8) is 0 Å². The molecule has 65 heavy (non-hydrogen) atoms. The van der Waals surface area contributed by atoms with E-state index in [1.54, 1.807) is 0 Å². The summed E-state index contributed by atoms with van der Waals surface area (Å²) in [6.07, 6.45) is 26.6. The quantitative estimate of drug-likeness (QED) is 0.0358. The van der Waals surface area contributed by atoms with Crippen LogP contribution in [0.5, 0.6) is 0 Å². The molecule has 10 nitrogen and oxygen atoms in total. The second-order valence-corrected chi connectivity index (χ2v) is 17.5. The van der Waals surface area contributed by atoms with Crippen molar-refractivity contribution in [1.82, 2.24) is 0 Å². The van der Waals surface area contributed by atoms with Crippen LogP contribution in [0.2, 0.25) is 0 Å². The van der Waals surface area contributed by atoms with E-state index < -0.39 is 11.9 Å². The van der Waals surface area contributed by atoms with Crippen LogP contribution in [0.15, 0.2) is 60.7 Å². The van der Waals surface area contributed by atoms with Gasteiger partial charge in [-0.2, -0.15) is 0 Å². The van der Waals surface area contributed by atoms with Crippen LogP contribution in [0, 0.1) is 0 Å². The van der Waals surface area contributed by atoms with Crippen LogP contribution in [-0.4, -0.2) is 97.2 Å². The van der Waals surface area contributed by atoms with Crippen molar-refractivity contribution in [3.05, 3.63) is 71.8 Å². The van der Waals surface area contributed by atoms with Crippen LogP contribution in [0.3, 0.4) is 0 Å². The Balaban J connectivity index is 0.00000124. The number of rotatable bonds is 40. The maximum Gasteiger partial charge on any atom is 2.00 e. The predicted molar refractivity (Wildman–Crippen MR) is 258 cm³/mol. The van der Waals surface area contributed by atoms with Gasteiger partial charge >= 0.3 is 60.8 Å². The summed E-state index contributed by atoms with van der Waals surface area (Å²) in [5, 5.41) is 20.9. The first kappa shape index (κ1) is 62.8. The molecular weight excluding hydrogens is 946 g/mol. The average Bonchev–Trinajstić information content (AvgIpc) is 3.26. The molecule has 0 saturated carbocycles. The molecule has 2 aromatic carbocycles. The summed E-state index contributed by atoms with van der Waals surface area (Å²) in [5.41, 5.74) is 2.30. The predicted octanol–water partition coefficient (Wildman–Crippen LogP) is 11.1. The van der Waals surface area contributed by atoms with Crippen LogP contribution in [0.25, 0.3) is 0 Å². The Morgan fingerprint density at radius 3 is 1.03 bits per heavy atom. The van der Waals surface area contributed by atoms with Crippen molar-refractivity contribution in [2.75, 3.05) is 0 Å². The molecule has 0 aliphatic heterocycles. The summed E-state index contributed by atoms with van der Waals surface area (Å²) >= 11 is 0. The van der Waals surface area contributed by atoms with Crippen molar-refractivity contribution in [3.8, 4) is 0 Å². The molecule has 4 unspecified atom stereocenters. The van der Waals surface area contributed by atoms with E-state index in [4.69, 9.17) is 18.9 Å². The largest absolute Gasteiger partial charge is 2.00 e. The van der Waals surface area contributed by atoms with Crippen LogP contribution in [-0.2, 0) is 51.3 Å². The summed E-state index contributed by atoms with van der Waals surface area (Å²) in [7, 11) is 0. The number of benzene rings is 2. The molecule has 0 amide bonds. The summed E-state index contributed by atoms with van der Waals surface area (Å²) in [4.78, 5) is 44.2. The molecule has 0 aromatic heterocycles. The van der Waals surface area contributed by atoms with E-state index in [0.29, 0.717) is 26.1 Å². The van der Waals surface area contributed by atoms with Crippen LogP contribution in [0.1, 0.15) is 219 Å². The zero-order valence-corrected chi connectivity index (χ0v) is 45.5. The number of carbonyl (C=O) groups is 4. The maximum absolute atomic E-state index is 11.6. The average molecular weight is 1030 g/mol. The molecule has 0 aliphatic rings. The Morgan fingerprint density at radius 2 is 0.723 bits per heavy atom. The third kappa shape index (κ3) is 40.6. The van der Waals surface area contributed by atoms with Crippen LogP contribution >= 0.6 is 0 Å². The van der Waals surface area contributed by atoms with E-state index in [1.807, 2.05) is 36.4 Å². The SMILES string of the molecule is CCCCCCC(CC(CCCCCCCCC(=O)[O-])OCc1ccccc1)OC(C)=O.CCCCCCC(CC(CCCCCCCCC(=O)[O-])OCc1ccccc1)OC(C)=O.[Ba+2]. The summed E-state index contributed by atoms with van der Waals surface area (Å²) in [6.45, 7) is 8.49. The third-order valence-electron chi connectivity index (χ3n) is 11.4. The molecule has 0 saturated heterocycles. The van der Waals surface area contributed by atoms with Crippen molar-refractivity contribution in [1.29, 1.82) is 0 Å². The fourth-order valence-corrected chi connectivity index (χ4v) is 7.92. The number of unbranched alkanes of at least 4 members (excludes halogenated alkanes) is 16. The van der Waals surface area contributed by atoms with Crippen LogP contribution in [0.4, 0.5) is 0 Å². The van der Waals surface area contributed by atoms with Gasteiger partial charge in [0.15, 0.2) is 0 Å². The molecule has 0 N–H and O–H groups in total. The molecule has 0 spiro atoms. The van der Waals surface area contributed by atoms with Crippen molar-refractivity contribution in [2.24, 2.45) is 0 Å². The first-order valence-electron chi connectivity index (χ1n) is 25.1. The number of hydrogen-bond donors (Lipinski definition) is 0. The molecule has 0 fully saturated rings. The summed E-state index contributed by atoms with van der Waals surface area (Å²) < 4.78 is 23.8. The van der Waals surface area contributed by atoms with E-state index in [0.717, 1.165) is 127 Å². The first-order valence-corrected chi connectivity index (χ1v) is 25.1. The van der Waals surface area contributed by atoms with Gasteiger partial charge in [0.1, 0.15) is 12.2 Å². The Bertz CT molecular complexity index is 1320. The van der Waals surface area contributed by atoms with Crippen molar-refractivity contribution >= 4 is 72.8 Å². The Morgan fingerprint density at radius 1 is 0.431 bits per heavy atom. The fourth-order valence-electron chi connectivity index (χ4n) is 7.92. The van der Waals surface area contributed by atoms with Gasteiger partial charge in [-0.15, -0.1) is 0 Å². The normalized spacial score (nSPS) is 12.7. The van der Waals surface area contributed by atoms with Gasteiger partial charge in [0.05, 0.1) is 25.4 Å². The molecule has 0 bridgehead atoms. The van der Waals surface area contributed by atoms with Gasteiger partial charge in [-0.1, -0.05) is 177 Å². The second kappa shape index (κ2) is 44.3. The molecule has 11 heteroatoms. The van der Waals surface area contributed by atoms with Gasteiger partial charge in [-0.05, 0) is 75.3 Å². The Labute approximate surface area is 434 Å². The third-order valence-corrected chi connectivity index (χ3v) is 11.4. The molecular formula is C54H86BaO10. The number of carboxylic acids is 2. The Kier molecular flexibility index (Phi) is 42.8. The topological polar surface area (TPSA) is 151 Å². The van der Waals surface area contributed by atoms with Gasteiger partial charge in [-0.25, -0.2) is 0 Å². The standard InChI is InChI=1S/2C27H44O5.Ba/c2*1-3-4-5-13-19-26(32-23(2)28)21-25(31-22-24-16-11-10-12-17-24)18-14-8-6-7-9-15-20-27(29)30;/h2*10-12,16-17,25-26H,3-9,13-15,18-22H2,1-2H3,(H,29,30);/q;;+2/p-2. The van der Waals surface area contributed by atoms with E-state index in [9.17, 15) is 29.4 Å². The molecule has 0 heterocycles. The molecule has 2 aromatic rings. The minimum absolute atomic E-state index is 0. The number of hydrogen-bond acceptors (Lipinski definition) is 10. The van der Waals surface area contributed by atoms with Gasteiger partial charge in [0, 0.05) is 38.6 Å². The zero-order chi connectivity index (χ0) is 46.9. The monoisotopic (exact) mass is 1030 g/mol. The fraction of sp³-hybridized carbons (Fsp3) is 0.704. The molecule has 0 aliphatic carbocycles. The van der Waals surface area contributed by atoms with Gasteiger partial charge in [0.25, 0.3) is 0 Å². The Hall–Kier alpha value is -2.19. The van der Waals surface area contributed by atoms with E-state index in [-0.39, 0.29) is 98.1 Å². The molecule has 4 atom stereocenters. The van der Waals surface area contributed by atoms with Crippen molar-refractivity contribution in [2.45, 2.75) is 245 Å². The minimum atomic E-state index is -0.958. The number of aliphatic carboxylic acids is 2. The second-order valence-electron chi connectivity index (χ2n) is 17.5. The zero-order valence-electron chi connectivity index (χ0n) is 41.1. The smallest absolute Gasteiger partial charge is 0.550 e. The van der Waals surface area contributed by atoms with Crippen LogP contribution < -0.4 is 10.2 Å². The van der Waals surface area contributed by atoms with Gasteiger partial charge in [-0.3, -0.25) is 9.59 Å².